The molecule has 0 aromatic carbocycles. The Bertz CT molecular complexity index is 68.6. The lowest BCUT2D eigenvalue weighted by atomic mass is 9.80. The van der Waals surface area contributed by atoms with Crippen molar-refractivity contribution in [1.82, 2.24) is 5.32 Å². The molecule has 2 saturated heterocycles. The fourth-order valence-corrected chi connectivity index (χ4v) is 1.00. The molecule has 2 rings (SSSR count). The van der Waals surface area contributed by atoms with Gasteiger partial charge in [0.1, 0.15) is 0 Å². The molecule has 2 aliphatic heterocycles. The van der Waals surface area contributed by atoms with Crippen molar-refractivity contribution in [3.8, 4) is 0 Å². The van der Waals surface area contributed by atoms with E-state index in [1.165, 1.54) is 0 Å². The SMILES string of the molecule is C1[N]CC12COC2. The van der Waals surface area contributed by atoms with Crippen LogP contribution < -0.4 is 5.32 Å². The lowest BCUT2D eigenvalue weighted by Crippen LogP contribution is -2.60. The molecule has 39 valence electrons. The minimum Gasteiger partial charge on any atom is -0.380 e. The Hall–Kier alpha value is -0.0800. The number of hydrogen-bond donors (Lipinski definition) is 0. The Morgan fingerprint density at radius 2 is 2.00 bits per heavy atom. The molecule has 2 aliphatic rings. The van der Waals surface area contributed by atoms with Crippen molar-refractivity contribution in [2.45, 2.75) is 0 Å². The highest BCUT2D eigenvalue weighted by atomic mass is 16.5. The predicted octanol–water partition coefficient (Wildman–Crippen LogP) is -0.379. The van der Waals surface area contributed by atoms with Crippen molar-refractivity contribution in [1.29, 1.82) is 0 Å². The maximum atomic E-state index is 5.02. The molecule has 2 nitrogen and oxygen atoms in total. The lowest BCUT2D eigenvalue weighted by molar-refractivity contribution is -0.140. The van der Waals surface area contributed by atoms with Crippen LogP contribution in [0, 0.1) is 5.41 Å². The van der Waals surface area contributed by atoms with E-state index in [0.717, 1.165) is 26.3 Å². The summed E-state index contributed by atoms with van der Waals surface area (Å²) in [6, 6.07) is 0. The first-order chi connectivity index (χ1) is 3.41. The molecule has 2 heterocycles. The third kappa shape index (κ3) is 0.359. The van der Waals surface area contributed by atoms with Crippen molar-refractivity contribution in [3.05, 3.63) is 0 Å². The molecule has 0 aromatic heterocycles. The smallest absolute Gasteiger partial charge is 0.0570 e. The van der Waals surface area contributed by atoms with Crippen LogP contribution in [-0.2, 0) is 4.74 Å². The van der Waals surface area contributed by atoms with Crippen LogP contribution in [0.25, 0.3) is 0 Å². The average molecular weight is 98.1 g/mol. The summed E-state index contributed by atoms with van der Waals surface area (Å²) in [6.07, 6.45) is 0. The van der Waals surface area contributed by atoms with E-state index >= 15 is 0 Å². The van der Waals surface area contributed by atoms with Crippen LogP contribution in [0.1, 0.15) is 0 Å². The fourth-order valence-electron chi connectivity index (χ4n) is 1.00. The predicted molar refractivity (Wildman–Crippen MR) is 25.1 cm³/mol. The van der Waals surface area contributed by atoms with Crippen LogP contribution in [-0.4, -0.2) is 26.3 Å². The van der Waals surface area contributed by atoms with E-state index in [1.54, 1.807) is 0 Å². The van der Waals surface area contributed by atoms with Gasteiger partial charge in [0.25, 0.3) is 0 Å². The zero-order chi connectivity index (χ0) is 4.74. The molecular formula is C5H8NO. The highest BCUT2D eigenvalue weighted by Gasteiger charge is 2.44. The van der Waals surface area contributed by atoms with Gasteiger partial charge in [-0.15, -0.1) is 0 Å². The van der Waals surface area contributed by atoms with E-state index in [-0.39, 0.29) is 0 Å². The van der Waals surface area contributed by atoms with Gasteiger partial charge in [-0.05, 0) is 0 Å². The topological polar surface area (TPSA) is 23.3 Å². The third-order valence-electron chi connectivity index (χ3n) is 1.71. The molecule has 1 radical (unpaired) electrons. The zero-order valence-electron chi connectivity index (χ0n) is 4.18. The maximum Gasteiger partial charge on any atom is 0.0570 e. The highest BCUT2D eigenvalue weighted by molar-refractivity contribution is 4.96. The van der Waals surface area contributed by atoms with Crippen molar-refractivity contribution in [2.24, 2.45) is 5.41 Å². The largest absolute Gasteiger partial charge is 0.380 e. The third-order valence-corrected chi connectivity index (χ3v) is 1.71. The summed E-state index contributed by atoms with van der Waals surface area (Å²) in [4.78, 5) is 0. The summed E-state index contributed by atoms with van der Waals surface area (Å²) in [5.41, 5.74) is 0.556. The van der Waals surface area contributed by atoms with Gasteiger partial charge in [-0.3, -0.25) is 0 Å². The first-order valence-electron chi connectivity index (χ1n) is 2.62. The summed E-state index contributed by atoms with van der Waals surface area (Å²) in [5.74, 6) is 0. The number of nitrogens with zero attached hydrogens (tertiary/aromatic N) is 1. The Labute approximate surface area is 42.9 Å². The summed E-state index contributed by atoms with van der Waals surface area (Å²) in [5, 5.41) is 4.11. The van der Waals surface area contributed by atoms with E-state index in [2.05, 4.69) is 5.32 Å². The van der Waals surface area contributed by atoms with Gasteiger partial charge in [-0.1, -0.05) is 0 Å². The Morgan fingerprint density at radius 1 is 1.29 bits per heavy atom. The van der Waals surface area contributed by atoms with Crippen LogP contribution in [0.15, 0.2) is 0 Å². The number of rotatable bonds is 0. The summed E-state index contributed by atoms with van der Waals surface area (Å²) in [7, 11) is 0. The standard InChI is InChI=1S/C5H8NO/c1-5(2-6-1)3-7-4-5/h1-4H2. The zero-order valence-corrected chi connectivity index (χ0v) is 4.18. The quantitative estimate of drug-likeness (QED) is 0.405. The number of hydrogen-bond acceptors (Lipinski definition) is 1. The van der Waals surface area contributed by atoms with Crippen LogP contribution in [0.2, 0.25) is 0 Å². The van der Waals surface area contributed by atoms with Crippen molar-refractivity contribution < 1.29 is 4.74 Å². The van der Waals surface area contributed by atoms with Gasteiger partial charge in [-0.25, -0.2) is 5.32 Å². The van der Waals surface area contributed by atoms with Gasteiger partial charge in [-0.2, -0.15) is 0 Å². The second-order valence-electron chi connectivity index (χ2n) is 2.53. The van der Waals surface area contributed by atoms with Gasteiger partial charge in [0.15, 0.2) is 0 Å². The molecule has 0 atom stereocenters. The average Bonchev–Trinajstić information content (AvgIpc) is 1.20. The molecule has 2 heteroatoms. The Kier molecular flexibility index (Phi) is 0.557. The van der Waals surface area contributed by atoms with E-state index in [9.17, 15) is 0 Å². The van der Waals surface area contributed by atoms with Gasteiger partial charge < -0.3 is 4.74 Å². The Morgan fingerprint density at radius 3 is 2.00 bits per heavy atom. The molecule has 0 aromatic rings. The minimum absolute atomic E-state index is 0.556. The summed E-state index contributed by atoms with van der Waals surface area (Å²) < 4.78 is 5.02. The first-order valence-corrected chi connectivity index (χ1v) is 2.62. The summed E-state index contributed by atoms with van der Waals surface area (Å²) >= 11 is 0. The normalized spacial score (nSPS) is 34.3. The van der Waals surface area contributed by atoms with E-state index < -0.39 is 0 Å². The van der Waals surface area contributed by atoms with E-state index in [1.807, 2.05) is 0 Å². The van der Waals surface area contributed by atoms with Crippen LogP contribution in [0.4, 0.5) is 0 Å². The van der Waals surface area contributed by atoms with Crippen molar-refractivity contribution in [3.63, 3.8) is 0 Å². The molecule has 0 N–H and O–H groups in total. The second-order valence-corrected chi connectivity index (χ2v) is 2.53. The van der Waals surface area contributed by atoms with E-state index in [0.29, 0.717) is 5.41 Å². The molecule has 0 aliphatic carbocycles. The van der Waals surface area contributed by atoms with E-state index in [4.69, 9.17) is 4.74 Å². The molecule has 7 heavy (non-hydrogen) atoms. The minimum atomic E-state index is 0.556. The molecule has 1 spiro atoms. The van der Waals surface area contributed by atoms with Crippen LogP contribution in [0.5, 0.6) is 0 Å². The van der Waals surface area contributed by atoms with Crippen LogP contribution in [0.3, 0.4) is 0 Å². The van der Waals surface area contributed by atoms with Gasteiger partial charge in [0, 0.05) is 18.5 Å². The van der Waals surface area contributed by atoms with Gasteiger partial charge in [0.05, 0.1) is 13.2 Å². The summed E-state index contributed by atoms with van der Waals surface area (Å²) in [6.45, 7) is 4.06. The van der Waals surface area contributed by atoms with Crippen LogP contribution >= 0.6 is 0 Å². The number of ether oxygens (including phenoxy) is 1. The molecule has 0 unspecified atom stereocenters. The molecule has 0 saturated carbocycles. The lowest BCUT2D eigenvalue weighted by Gasteiger charge is -2.47. The second kappa shape index (κ2) is 1.01. The first kappa shape index (κ1) is 3.87. The molecule has 0 bridgehead atoms. The monoisotopic (exact) mass is 98.1 g/mol. The van der Waals surface area contributed by atoms with Crippen molar-refractivity contribution >= 4 is 0 Å². The maximum absolute atomic E-state index is 5.02. The molecular weight excluding hydrogens is 90.1 g/mol. The van der Waals surface area contributed by atoms with Gasteiger partial charge >= 0.3 is 0 Å². The molecule has 0 amide bonds. The van der Waals surface area contributed by atoms with Crippen molar-refractivity contribution in [2.75, 3.05) is 26.3 Å². The Balaban J connectivity index is 2.00. The highest BCUT2D eigenvalue weighted by Crippen LogP contribution is 2.31. The molecule has 2 fully saturated rings. The van der Waals surface area contributed by atoms with Gasteiger partial charge in [0.2, 0.25) is 0 Å². The fraction of sp³-hybridized carbons (Fsp3) is 1.00.